The highest BCUT2D eigenvalue weighted by atomic mass is 16.5. The van der Waals surface area contributed by atoms with Crippen molar-refractivity contribution in [3.63, 3.8) is 0 Å². The van der Waals surface area contributed by atoms with Gasteiger partial charge < -0.3 is 14.8 Å². The van der Waals surface area contributed by atoms with E-state index >= 15 is 0 Å². The lowest BCUT2D eigenvalue weighted by atomic mass is 10.2. The third-order valence-electron chi connectivity index (χ3n) is 3.84. The van der Waals surface area contributed by atoms with Gasteiger partial charge in [-0.25, -0.2) is 4.98 Å². The standard InChI is InChI=1S/C18H18N6O2/c1-3-25-12-9-10-16(26-4-2)14(11-12)20-17-18-21-22-23-24(18)15-8-6-5-7-13(15)19-17/h5-11H,3-4H2,1-2H3,(H,19,20). The molecule has 0 aliphatic carbocycles. The Hall–Kier alpha value is -3.42. The van der Waals surface area contributed by atoms with Gasteiger partial charge in [0.25, 0.3) is 0 Å². The lowest BCUT2D eigenvalue weighted by Crippen LogP contribution is -2.03. The summed E-state index contributed by atoms with van der Waals surface area (Å²) in [7, 11) is 0. The van der Waals surface area contributed by atoms with Crippen LogP contribution in [0.5, 0.6) is 11.5 Å². The van der Waals surface area contributed by atoms with E-state index in [0.717, 1.165) is 22.5 Å². The number of hydrogen-bond donors (Lipinski definition) is 1. The second-order valence-electron chi connectivity index (χ2n) is 5.51. The molecule has 0 saturated carbocycles. The van der Waals surface area contributed by atoms with Crippen molar-refractivity contribution in [2.75, 3.05) is 18.5 Å². The summed E-state index contributed by atoms with van der Waals surface area (Å²) >= 11 is 0. The molecule has 2 aromatic carbocycles. The molecule has 1 N–H and O–H groups in total. The van der Waals surface area contributed by atoms with Crippen molar-refractivity contribution in [2.24, 2.45) is 0 Å². The summed E-state index contributed by atoms with van der Waals surface area (Å²) in [5, 5.41) is 15.3. The summed E-state index contributed by atoms with van der Waals surface area (Å²) in [5.74, 6) is 2.00. The number of para-hydroxylation sites is 2. The van der Waals surface area contributed by atoms with Crippen molar-refractivity contribution < 1.29 is 9.47 Å². The van der Waals surface area contributed by atoms with E-state index in [4.69, 9.17) is 9.47 Å². The Kier molecular flexibility index (Phi) is 4.22. The minimum Gasteiger partial charge on any atom is -0.494 e. The average Bonchev–Trinajstić information content (AvgIpc) is 3.15. The first-order valence-corrected chi connectivity index (χ1v) is 8.43. The van der Waals surface area contributed by atoms with E-state index < -0.39 is 0 Å². The number of fused-ring (bicyclic) bond motifs is 3. The van der Waals surface area contributed by atoms with Crippen LogP contribution in [-0.2, 0) is 0 Å². The van der Waals surface area contributed by atoms with Gasteiger partial charge in [0.2, 0.25) is 5.65 Å². The minimum atomic E-state index is 0.535. The van der Waals surface area contributed by atoms with Crippen LogP contribution in [0.1, 0.15) is 13.8 Å². The van der Waals surface area contributed by atoms with E-state index in [1.165, 1.54) is 0 Å². The van der Waals surface area contributed by atoms with E-state index in [-0.39, 0.29) is 0 Å². The van der Waals surface area contributed by atoms with Crippen LogP contribution < -0.4 is 14.8 Å². The predicted molar refractivity (Wildman–Crippen MR) is 98.1 cm³/mol. The zero-order valence-corrected chi connectivity index (χ0v) is 14.5. The lowest BCUT2D eigenvalue weighted by Gasteiger charge is -2.14. The molecule has 2 aromatic heterocycles. The molecule has 0 aliphatic rings. The average molecular weight is 350 g/mol. The molecule has 4 rings (SSSR count). The first-order chi connectivity index (χ1) is 12.8. The summed E-state index contributed by atoms with van der Waals surface area (Å²) in [6, 6.07) is 13.3. The van der Waals surface area contributed by atoms with Gasteiger partial charge in [-0.15, -0.1) is 5.10 Å². The Bertz CT molecular complexity index is 1060. The highest BCUT2D eigenvalue weighted by molar-refractivity contribution is 5.84. The Labute approximate surface area is 149 Å². The van der Waals surface area contributed by atoms with Crippen molar-refractivity contribution >= 4 is 28.2 Å². The maximum Gasteiger partial charge on any atom is 0.222 e. The summed E-state index contributed by atoms with van der Waals surface area (Å²) in [6.45, 7) is 5.02. The first kappa shape index (κ1) is 16.1. The van der Waals surface area contributed by atoms with Crippen LogP contribution in [0.25, 0.3) is 16.7 Å². The molecule has 8 nitrogen and oxygen atoms in total. The van der Waals surface area contributed by atoms with Crippen molar-refractivity contribution in [1.29, 1.82) is 0 Å². The van der Waals surface area contributed by atoms with Gasteiger partial charge in [0.05, 0.1) is 29.9 Å². The van der Waals surface area contributed by atoms with Gasteiger partial charge in [-0.3, -0.25) is 0 Å². The molecule has 0 radical (unpaired) electrons. The van der Waals surface area contributed by atoms with Gasteiger partial charge in [-0.1, -0.05) is 12.1 Å². The molecule has 0 bridgehead atoms. The Morgan fingerprint density at radius 1 is 1.04 bits per heavy atom. The monoisotopic (exact) mass is 350 g/mol. The normalized spacial score (nSPS) is 11.0. The summed E-state index contributed by atoms with van der Waals surface area (Å²) < 4.78 is 13.0. The van der Waals surface area contributed by atoms with Gasteiger partial charge >= 0.3 is 0 Å². The fourth-order valence-corrected chi connectivity index (χ4v) is 2.76. The van der Waals surface area contributed by atoms with E-state index in [1.54, 1.807) is 4.52 Å². The SMILES string of the molecule is CCOc1ccc(OCC)c(Nc2nc3ccccc3n3nnnc23)c1. The Morgan fingerprint density at radius 2 is 1.88 bits per heavy atom. The van der Waals surface area contributed by atoms with E-state index in [2.05, 4.69) is 25.8 Å². The molecule has 0 unspecified atom stereocenters. The smallest absolute Gasteiger partial charge is 0.222 e. The van der Waals surface area contributed by atoms with Gasteiger partial charge in [-0.2, -0.15) is 4.52 Å². The second-order valence-corrected chi connectivity index (χ2v) is 5.51. The van der Waals surface area contributed by atoms with Gasteiger partial charge in [0, 0.05) is 6.07 Å². The first-order valence-electron chi connectivity index (χ1n) is 8.43. The molecule has 0 amide bonds. The Morgan fingerprint density at radius 3 is 2.73 bits per heavy atom. The number of tetrazole rings is 1. The topological polar surface area (TPSA) is 86.5 Å². The van der Waals surface area contributed by atoms with Gasteiger partial charge in [0.1, 0.15) is 11.5 Å². The minimum absolute atomic E-state index is 0.535. The summed E-state index contributed by atoms with van der Waals surface area (Å²) in [4.78, 5) is 4.68. The van der Waals surface area contributed by atoms with Crippen LogP contribution in [0.4, 0.5) is 11.5 Å². The number of anilines is 2. The van der Waals surface area contributed by atoms with Crippen LogP contribution in [-0.4, -0.2) is 38.2 Å². The van der Waals surface area contributed by atoms with Crippen molar-refractivity contribution in [2.45, 2.75) is 13.8 Å². The van der Waals surface area contributed by atoms with Crippen molar-refractivity contribution in [3.8, 4) is 11.5 Å². The molecular weight excluding hydrogens is 332 g/mol. The van der Waals surface area contributed by atoms with Gasteiger partial charge in [0.15, 0.2) is 5.82 Å². The summed E-state index contributed by atoms with van der Waals surface area (Å²) in [6.07, 6.45) is 0. The predicted octanol–water partition coefficient (Wildman–Crippen LogP) is 3.21. The highest BCUT2D eigenvalue weighted by Crippen LogP contribution is 2.33. The lowest BCUT2D eigenvalue weighted by molar-refractivity contribution is 0.332. The second kappa shape index (κ2) is 6.83. The molecule has 0 aliphatic heterocycles. The third-order valence-corrected chi connectivity index (χ3v) is 3.84. The van der Waals surface area contributed by atoms with Crippen LogP contribution >= 0.6 is 0 Å². The quantitative estimate of drug-likeness (QED) is 0.571. The Balaban J connectivity index is 1.83. The molecule has 132 valence electrons. The molecule has 0 atom stereocenters. The van der Waals surface area contributed by atoms with E-state index in [1.807, 2.05) is 56.3 Å². The number of hydrogen-bond acceptors (Lipinski definition) is 7. The van der Waals surface area contributed by atoms with Crippen molar-refractivity contribution in [1.82, 2.24) is 25.0 Å². The number of nitrogens with one attached hydrogen (secondary N) is 1. The zero-order chi connectivity index (χ0) is 17.9. The third kappa shape index (κ3) is 2.85. The summed E-state index contributed by atoms with van der Waals surface area (Å²) in [5.41, 5.74) is 2.90. The maximum absolute atomic E-state index is 5.72. The fraction of sp³-hybridized carbons (Fsp3) is 0.222. The number of rotatable bonds is 6. The zero-order valence-electron chi connectivity index (χ0n) is 14.5. The molecule has 4 aromatic rings. The van der Waals surface area contributed by atoms with Crippen LogP contribution in [0.15, 0.2) is 42.5 Å². The molecule has 0 fully saturated rings. The maximum atomic E-state index is 5.72. The molecule has 26 heavy (non-hydrogen) atoms. The van der Waals surface area contributed by atoms with E-state index in [0.29, 0.717) is 30.4 Å². The molecule has 8 heteroatoms. The van der Waals surface area contributed by atoms with Crippen LogP contribution in [0.2, 0.25) is 0 Å². The molecule has 0 spiro atoms. The molecular formula is C18H18N6O2. The number of ether oxygens (including phenoxy) is 2. The fourth-order valence-electron chi connectivity index (χ4n) is 2.76. The highest BCUT2D eigenvalue weighted by Gasteiger charge is 2.14. The molecule has 2 heterocycles. The largest absolute Gasteiger partial charge is 0.494 e. The number of aromatic nitrogens is 5. The van der Waals surface area contributed by atoms with E-state index in [9.17, 15) is 0 Å². The number of benzene rings is 2. The van der Waals surface area contributed by atoms with Crippen LogP contribution in [0, 0.1) is 0 Å². The number of nitrogens with zero attached hydrogens (tertiary/aromatic N) is 5. The molecule has 0 saturated heterocycles. The van der Waals surface area contributed by atoms with Gasteiger partial charge in [-0.05, 0) is 48.5 Å². The van der Waals surface area contributed by atoms with Crippen molar-refractivity contribution in [3.05, 3.63) is 42.5 Å². The van der Waals surface area contributed by atoms with Crippen LogP contribution in [0.3, 0.4) is 0 Å².